The molecule has 0 spiro atoms. The molecule has 1 fully saturated rings. The van der Waals surface area contributed by atoms with Crippen LogP contribution in [0, 0.1) is 12.3 Å². The first kappa shape index (κ1) is 11.0. The van der Waals surface area contributed by atoms with Crippen LogP contribution in [0.2, 0.25) is 0 Å². The number of nitrogens with zero attached hydrogens (tertiary/aromatic N) is 1. The van der Waals surface area contributed by atoms with Crippen LogP contribution in [0.25, 0.3) is 0 Å². The van der Waals surface area contributed by atoms with E-state index in [0.29, 0.717) is 5.41 Å². The molecular formula is C13H18BrN. The van der Waals surface area contributed by atoms with Crippen molar-refractivity contribution in [1.29, 1.82) is 0 Å². The third-order valence-corrected chi connectivity index (χ3v) is 4.48. The van der Waals surface area contributed by atoms with E-state index in [2.05, 4.69) is 59.1 Å². The smallest absolute Gasteiger partial charge is 0.0363 e. The van der Waals surface area contributed by atoms with Gasteiger partial charge in [0, 0.05) is 24.6 Å². The third-order valence-electron chi connectivity index (χ3n) is 3.29. The minimum Gasteiger partial charge on any atom is -0.374 e. The summed E-state index contributed by atoms with van der Waals surface area (Å²) in [6.45, 7) is 3.30. The summed E-state index contributed by atoms with van der Waals surface area (Å²) in [4.78, 5) is 2.37. The number of anilines is 1. The van der Waals surface area contributed by atoms with E-state index in [-0.39, 0.29) is 0 Å². The molecule has 2 heteroatoms. The molecule has 0 bridgehead atoms. The van der Waals surface area contributed by atoms with Gasteiger partial charge in [0.1, 0.15) is 0 Å². The monoisotopic (exact) mass is 267 g/mol. The molecule has 15 heavy (non-hydrogen) atoms. The lowest BCUT2D eigenvalue weighted by Gasteiger charge is -2.24. The normalized spacial score (nSPS) is 17.5. The molecule has 1 nitrogen and oxygen atoms in total. The highest BCUT2D eigenvalue weighted by Gasteiger charge is 2.42. The molecular weight excluding hydrogens is 250 g/mol. The van der Waals surface area contributed by atoms with Crippen LogP contribution in [0.1, 0.15) is 18.4 Å². The SMILES string of the molecule is Cc1ccc(N(C)CC2(CBr)CC2)cc1. The van der Waals surface area contributed by atoms with Gasteiger partial charge in [-0.3, -0.25) is 0 Å². The van der Waals surface area contributed by atoms with Crippen LogP contribution < -0.4 is 4.90 Å². The zero-order valence-electron chi connectivity index (χ0n) is 9.46. The number of benzene rings is 1. The van der Waals surface area contributed by atoms with Crippen molar-refractivity contribution in [3.05, 3.63) is 29.8 Å². The Bertz CT molecular complexity index is 327. The van der Waals surface area contributed by atoms with Crippen molar-refractivity contribution in [2.24, 2.45) is 5.41 Å². The highest BCUT2D eigenvalue weighted by molar-refractivity contribution is 9.09. The van der Waals surface area contributed by atoms with Crippen LogP contribution in [0.3, 0.4) is 0 Å². The fourth-order valence-electron chi connectivity index (χ4n) is 1.90. The van der Waals surface area contributed by atoms with Gasteiger partial charge in [0.05, 0.1) is 0 Å². The van der Waals surface area contributed by atoms with Crippen LogP contribution >= 0.6 is 15.9 Å². The van der Waals surface area contributed by atoms with Gasteiger partial charge in [-0.2, -0.15) is 0 Å². The molecule has 1 aliphatic carbocycles. The van der Waals surface area contributed by atoms with Gasteiger partial charge in [-0.15, -0.1) is 0 Å². The number of aryl methyl sites for hydroxylation is 1. The van der Waals surface area contributed by atoms with E-state index in [1.807, 2.05) is 0 Å². The fourth-order valence-corrected chi connectivity index (χ4v) is 2.64. The van der Waals surface area contributed by atoms with Gasteiger partial charge < -0.3 is 4.90 Å². The summed E-state index contributed by atoms with van der Waals surface area (Å²) in [5.41, 5.74) is 3.21. The highest BCUT2D eigenvalue weighted by atomic mass is 79.9. The van der Waals surface area contributed by atoms with Crippen molar-refractivity contribution in [3.8, 4) is 0 Å². The first-order valence-electron chi connectivity index (χ1n) is 5.49. The molecule has 2 rings (SSSR count). The Labute approximate surface area is 101 Å². The quantitative estimate of drug-likeness (QED) is 0.754. The summed E-state index contributed by atoms with van der Waals surface area (Å²) >= 11 is 3.62. The van der Waals surface area contributed by atoms with Gasteiger partial charge in [-0.25, -0.2) is 0 Å². The van der Waals surface area contributed by atoms with Crippen molar-refractivity contribution in [2.75, 3.05) is 23.8 Å². The second-order valence-corrected chi connectivity index (χ2v) is 5.39. The first-order chi connectivity index (χ1) is 7.15. The summed E-state index contributed by atoms with van der Waals surface area (Å²) in [7, 11) is 2.19. The van der Waals surface area contributed by atoms with E-state index >= 15 is 0 Å². The second kappa shape index (κ2) is 4.17. The molecule has 0 atom stereocenters. The Kier molecular flexibility index (Phi) is 3.06. The molecule has 82 valence electrons. The topological polar surface area (TPSA) is 3.24 Å². The Morgan fingerprint density at radius 2 is 1.87 bits per heavy atom. The molecule has 0 radical (unpaired) electrons. The zero-order valence-corrected chi connectivity index (χ0v) is 11.0. The maximum atomic E-state index is 3.62. The Balaban J connectivity index is 2.01. The van der Waals surface area contributed by atoms with Crippen molar-refractivity contribution >= 4 is 21.6 Å². The van der Waals surface area contributed by atoms with E-state index in [0.717, 1.165) is 5.33 Å². The minimum absolute atomic E-state index is 0.555. The van der Waals surface area contributed by atoms with E-state index in [9.17, 15) is 0 Å². The first-order valence-corrected chi connectivity index (χ1v) is 6.61. The number of hydrogen-bond acceptors (Lipinski definition) is 1. The molecule has 0 heterocycles. The number of halogens is 1. The maximum Gasteiger partial charge on any atom is 0.0363 e. The molecule has 1 aromatic rings. The van der Waals surface area contributed by atoms with Crippen molar-refractivity contribution in [1.82, 2.24) is 0 Å². The van der Waals surface area contributed by atoms with Crippen molar-refractivity contribution in [2.45, 2.75) is 19.8 Å². The van der Waals surface area contributed by atoms with Gasteiger partial charge in [-0.1, -0.05) is 33.6 Å². The molecule has 1 saturated carbocycles. The van der Waals surface area contributed by atoms with Gasteiger partial charge in [0.2, 0.25) is 0 Å². The maximum absolute atomic E-state index is 3.62. The third kappa shape index (κ3) is 2.54. The van der Waals surface area contributed by atoms with Gasteiger partial charge in [-0.05, 0) is 37.3 Å². The average Bonchev–Trinajstić information content (AvgIpc) is 2.99. The van der Waals surface area contributed by atoms with Gasteiger partial charge in [0.25, 0.3) is 0 Å². The van der Waals surface area contributed by atoms with Crippen LogP contribution in [-0.2, 0) is 0 Å². The number of rotatable bonds is 4. The Hall–Kier alpha value is -0.500. The Morgan fingerprint density at radius 3 is 2.33 bits per heavy atom. The van der Waals surface area contributed by atoms with Crippen molar-refractivity contribution in [3.63, 3.8) is 0 Å². The molecule has 1 aromatic carbocycles. The number of alkyl halides is 1. The summed E-state index contributed by atoms with van der Waals surface area (Å²) < 4.78 is 0. The average molecular weight is 268 g/mol. The summed E-state index contributed by atoms with van der Waals surface area (Å²) in [6.07, 6.45) is 2.74. The minimum atomic E-state index is 0.555. The van der Waals surface area contributed by atoms with E-state index in [1.54, 1.807) is 0 Å². The molecule has 0 aliphatic heterocycles. The summed E-state index contributed by atoms with van der Waals surface area (Å²) in [5, 5.41) is 1.14. The lowest BCUT2D eigenvalue weighted by molar-refractivity contribution is 0.584. The highest BCUT2D eigenvalue weighted by Crippen LogP contribution is 2.47. The lowest BCUT2D eigenvalue weighted by Crippen LogP contribution is -2.27. The van der Waals surface area contributed by atoms with Gasteiger partial charge >= 0.3 is 0 Å². The lowest BCUT2D eigenvalue weighted by atomic mass is 10.1. The number of hydrogen-bond donors (Lipinski definition) is 0. The second-order valence-electron chi connectivity index (χ2n) is 4.83. The zero-order chi connectivity index (χ0) is 10.9. The van der Waals surface area contributed by atoms with Gasteiger partial charge in [0.15, 0.2) is 0 Å². The molecule has 0 unspecified atom stereocenters. The molecule has 1 aliphatic rings. The predicted octanol–water partition coefficient (Wildman–Crippen LogP) is 3.61. The summed E-state index contributed by atoms with van der Waals surface area (Å²) in [6, 6.07) is 8.78. The van der Waals surface area contributed by atoms with Crippen LogP contribution in [0.4, 0.5) is 5.69 Å². The van der Waals surface area contributed by atoms with Crippen LogP contribution in [0.15, 0.2) is 24.3 Å². The van der Waals surface area contributed by atoms with E-state index in [4.69, 9.17) is 0 Å². The predicted molar refractivity (Wildman–Crippen MR) is 69.9 cm³/mol. The largest absolute Gasteiger partial charge is 0.374 e. The van der Waals surface area contributed by atoms with Crippen molar-refractivity contribution < 1.29 is 0 Å². The van der Waals surface area contributed by atoms with Crippen LogP contribution in [0.5, 0.6) is 0 Å². The molecule has 0 saturated heterocycles. The Morgan fingerprint density at radius 1 is 1.27 bits per heavy atom. The van der Waals surface area contributed by atoms with Crippen LogP contribution in [-0.4, -0.2) is 18.9 Å². The molecule has 0 aromatic heterocycles. The van der Waals surface area contributed by atoms with E-state index in [1.165, 1.54) is 30.6 Å². The summed E-state index contributed by atoms with van der Waals surface area (Å²) in [5.74, 6) is 0. The molecule has 0 N–H and O–H groups in total. The van der Waals surface area contributed by atoms with E-state index < -0.39 is 0 Å². The fraction of sp³-hybridized carbons (Fsp3) is 0.538. The molecule has 0 amide bonds. The standard InChI is InChI=1S/C13H18BrN/c1-11-3-5-12(6-4-11)15(2)10-13(9-14)7-8-13/h3-6H,7-10H2,1-2H3.